The third kappa shape index (κ3) is 8.41. The minimum Gasteiger partial charge on any atom is -0.212 e. The highest BCUT2D eigenvalue weighted by Crippen LogP contribution is 2.32. The van der Waals surface area contributed by atoms with E-state index in [2.05, 4.69) is 48.1 Å². The molecule has 0 saturated carbocycles. The van der Waals surface area contributed by atoms with Gasteiger partial charge >= 0.3 is 0 Å². The van der Waals surface area contributed by atoms with Gasteiger partial charge in [-0.25, -0.2) is 11.6 Å². The first-order valence-electron chi connectivity index (χ1n) is 3.73. The van der Waals surface area contributed by atoms with Crippen LogP contribution in [0.5, 0.6) is 0 Å². The molecule has 0 nitrogen and oxygen atoms in total. The summed E-state index contributed by atoms with van der Waals surface area (Å²) in [6.45, 7) is 15.7. The lowest BCUT2D eigenvalue weighted by molar-refractivity contribution is 0.759. The molecule has 10 heavy (non-hydrogen) atoms. The van der Waals surface area contributed by atoms with Crippen molar-refractivity contribution >= 4 is 18.2 Å². The lowest BCUT2D eigenvalue weighted by atomic mass is 9.73. The Bertz CT molecular complexity index is 82.8. The molecule has 0 atom stereocenters. The molecule has 0 saturated heterocycles. The molecule has 0 heterocycles. The summed E-state index contributed by atoms with van der Waals surface area (Å²) in [5.41, 5.74) is 0. The van der Waals surface area contributed by atoms with E-state index < -0.39 is 0 Å². The third-order valence-corrected chi connectivity index (χ3v) is 2.30. The van der Waals surface area contributed by atoms with Crippen molar-refractivity contribution in [2.75, 3.05) is 0 Å². The number of rotatable bonds is 1. The maximum Gasteiger partial charge on any atom is 0.198 e. The van der Waals surface area contributed by atoms with Crippen LogP contribution in [0.1, 0.15) is 41.5 Å². The van der Waals surface area contributed by atoms with Crippen molar-refractivity contribution in [3.05, 3.63) is 0 Å². The van der Waals surface area contributed by atoms with E-state index in [9.17, 15) is 0 Å². The van der Waals surface area contributed by atoms with Crippen LogP contribution in [0.4, 0.5) is 0 Å². The fourth-order valence-electron chi connectivity index (χ4n) is 0.354. The monoisotopic (exact) mass is 157 g/mol. The highest BCUT2D eigenvalue weighted by atomic mass is 32.2. The van der Waals surface area contributed by atoms with E-state index >= 15 is 0 Å². The van der Waals surface area contributed by atoms with Gasteiger partial charge in [0.15, 0.2) is 6.56 Å². The largest absolute Gasteiger partial charge is 0.212 e. The van der Waals surface area contributed by atoms with Crippen LogP contribution in [0.3, 0.4) is 0 Å². The fourth-order valence-corrected chi connectivity index (χ4v) is 1.06. The van der Waals surface area contributed by atoms with Crippen molar-refractivity contribution in [1.29, 1.82) is 0 Å². The fraction of sp³-hybridized carbons (Fsp3) is 1.00. The normalized spacial score (nSPS) is 13.4. The Balaban J connectivity index is 3.56. The zero-order valence-corrected chi connectivity index (χ0v) is 8.80. The Kier molecular flexibility index (Phi) is 3.34. The molecular weight excluding hydrogens is 139 g/mol. The van der Waals surface area contributed by atoms with Crippen LogP contribution >= 0.6 is 11.6 Å². The molecule has 0 aromatic carbocycles. The van der Waals surface area contributed by atoms with Crippen LogP contribution in [0.2, 0.25) is 5.31 Å². The van der Waals surface area contributed by atoms with Gasteiger partial charge in [-0.3, -0.25) is 0 Å². The van der Waals surface area contributed by atoms with Gasteiger partial charge in [0.2, 0.25) is 0 Å². The quantitative estimate of drug-likeness (QED) is 0.526. The van der Waals surface area contributed by atoms with Gasteiger partial charge in [-0.05, 0) is 4.75 Å². The Morgan fingerprint density at radius 1 is 0.900 bits per heavy atom. The molecular formula is C8H18BS. The molecule has 0 aromatic heterocycles. The van der Waals surface area contributed by atoms with Gasteiger partial charge in [0.05, 0.1) is 0 Å². The highest BCUT2D eigenvalue weighted by molar-refractivity contribution is 8.23. The first kappa shape index (κ1) is 10.4. The van der Waals surface area contributed by atoms with Crippen molar-refractivity contribution in [3.8, 4) is 0 Å². The van der Waals surface area contributed by atoms with Gasteiger partial charge in [-0.1, -0.05) is 46.9 Å². The van der Waals surface area contributed by atoms with E-state index in [-0.39, 0.29) is 0 Å². The van der Waals surface area contributed by atoms with Crippen molar-refractivity contribution in [3.63, 3.8) is 0 Å². The summed E-state index contributed by atoms with van der Waals surface area (Å²) in [5, 5.41) is 0.345. The molecule has 0 aromatic rings. The Hall–Kier alpha value is 0.415. The van der Waals surface area contributed by atoms with E-state index in [1.165, 1.54) is 0 Å². The maximum atomic E-state index is 2.31. The van der Waals surface area contributed by atoms with Crippen molar-refractivity contribution in [1.82, 2.24) is 0 Å². The molecule has 0 amide bonds. The SMILES string of the molecule is CC(C)(C)[B]SC(C)(C)C. The summed E-state index contributed by atoms with van der Waals surface area (Å²) in [6.07, 6.45) is 0. The lowest BCUT2D eigenvalue weighted by Gasteiger charge is -2.23. The molecule has 2 heteroatoms. The summed E-state index contributed by atoms with van der Waals surface area (Å²) < 4.78 is 0.368. The van der Waals surface area contributed by atoms with Gasteiger partial charge in [-0.2, -0.15) is 0 Å². The van der Waals surface area contributed by atoms with Crippen LogP contribution < -0.4 is 0 Å². The van der Waals surface area contributed by atoms with Crippen LogP contribution in [0.25, 0.3) is 0 Å². The van der Waals surface area contributed by atoms with Gasteiger partial charge in [0.1, 0.15) is 0 Å². The van der Waals surface area contributed by atoms with E-state index in [0.29, 0.717) is 10.1 Å². The average molecular weight is 157 g/mol. The first-order chi connectivity index (χ1) is 4.21. The minimum atomic E-state index is 0.345. The molecule has 0 aliphatic rings. The van der Waals surface area contributed by atoms with E-state index in [1.54, 1.807) is 0 Å². The topological polar surface area (TPSA) is 0 Å². The number of hydrogen-bond donors (Lipinski definition) is 0. The van der Waals surface area contributed by atoms with E-state index in [4.69, 9.17) is 0 Å². The third-order valence-electron chi connectivity index (χ3n) is 0.766. The first-order valence-corrected chi connectivity index (χ1v) is 4.61. The molecule has 0 rings (SSSR count). The lowest BCUT2D eigenvalue weighted by Crippen LogP contribution is -2.15. The second-order valence-corrected chi connectivity index (χ2v) is 6.41. The smallest absolute Gasteiger partial charge is 0.198 e. The van der Waals surface area contributed by atoms with Gasteiger partial charge < -0.3 is 0 Å². The summed E-state index contributed by atoms with van der Waals surface area (Å²) in [6, 6.07) is 0. The van der Waals surface area contributed by atoms with E-state index in [0.717, 1.165) is 0 Å². The van der Waals surface area contributed by atoms with Crippen molar-refractivity contribution < 1.29 is 0 Å². The predicted molar refractivity (Wildman–Crippen MR) is 52.8 cm³/mol. The second-order valence-electron chi connectivity index (χ2n) is 4.71. The molecule has 0 aliphatic carbocycles. The summed E-state index contributed by atoms with van der Waals surface area (Å²) in [4.78, 5) is 0. The molecule has 59 valence electrons. The second kappa shape index (κ2) is 3.21. The summed E-state index contributed by atoms with van der Waals surface area (Å²) in [5.74, 6) is 0. The van der Waals surface area contributed by atoms with E-state index in [1.807, 2.05) is 11.6 Å². The minimum absolute atomic E-state index is 0.345. The van der Waals surface area contributed by atoms with Gasteiger partial charge in [-0.15, -0.1) is 0 Å². The zero-order valence-electron chi connectivity index (χ0n) is 7.99. The molecule has 0 fully saturated rings. The molecule has 0 bridgehead atoms. The van der Waals surface area contributed by atoms with Crippen LogP contribution in [0, 0.1) is 0 Å². The van der Waals surface area contributed by atoms with Gasteiger partial charge in [0, 0.05) is 0 Å². The molecule has 0 aliphatic heterocycles. The standard InChI is InChI=1S/C8H18BS/c1-7(2,3)9-10-8(4,5)6/h1-6H3. The van der Waals surface area contributed by atoms with Crippen LogP contribution in [-0.2, 0) is 0 Å². The summed E-state index contributed by atoms with van der Waals surface area (Å²) >= 11 is 1.92. The molecule has 1 radical (unpaired) electrons. The highest BCUT2D eigenvalue weighted by Gasteiger charge is 2.18. The Morgan fingerprint density at radius 3 is 1.40 bits per heavy atom. The van der Waals surface area contributed by atoms with Gasteiger partial charge in [0.25, 0.3) is 0 Å². The maximum absolute atomic E-state index is 2.31. The summed E-state index contributed by atoms with van der Waals surface area (Å²) in [7, 11) is 0. The predicted octanol–water partition coefficient (Wildman–Crippen LogP) is 3.36. The molecule has 0 unspecified atom stereocenters. The Morgan fingerprint density at radius 2 is 1.30 bits per heavy atom. The van der Waals surface area contributed by atoms with Crippen molar-refractivity contribution in [2.45, 2.75) is 51.6 Å². The van der Waals surface area contributed by atoms with Crippen LogP contribution in [0.15, 0.2) is 0 Å². The Labute approximate surface area is 70.3 Å². The number of hydrogen-bond acceptors (Lipinski definition) is 1. The van der Waals surface area contributed by atoms with Crippen molar-refractivity contribution in [2.24, 2.45) is 0 Å². The molecule has 0 N–H and O–H groups in total. The average Bonchev–Trinajstić information content (AvgIpc) is 1.57. The molecule has 0 spiro atoms. The zero-order chi connectivity index (χ0) is 8.41. The van der Waals surface area contributed by atoms with Crippen LogP contribution in [-0.4, -0.2) is 11.3 Å².